The molecular formula is C10H8F3N3O. The number of nitrogens with one attached hydrogen (secondary N) is 1. The molecule has 1 aromatic heterocycles. The fourth-order valence-electron chi connectivity index (χ4n) is 1.51. The molecule has 17 heavy (non-hydrogen) atoms. The molecule has 0 saturated heterocycles. The summed E-state index contributed by atoms with van der Waals surface area (Å²) in [4.78, 5) is 11.3. The lowest BCUT2D eigenvalue weighted by Crippen LogP contribution is -2.14. The number of fused-ring (bicyclic) bond motifs is 1. The summed E-state index contributed by atoms with van der Waals surface area (Å²) in [5.74, 6) is -0.420. The molecule has 0 fully saturated rings. The Labute approximate surface area is 93.6 Å². The van der Waals surface area contributed by atoms with Crippen LogP contribution in [0.4, 0.5) is 13.2 Å². The van der Waals surface area contributed by atoms with Crippen LogP contribution in [-0.2, 0) is 6.18 Å². The van der Waals surface area contributed by atoms with Gasteiger partial charge in [0.05, 0.1) is 17.6 Å². The monoisotopic (exact) mass is 243 g/mol. The van der Waals surface area contributed by atoms with Gasteiger partial charge in [0.15, 0.2) is 5.78 Å². The molecule has 0 spiro atoms. The first-order chi connectivity index (χ1) is 7.93. The number of ketones is 1. The van der Waals surface area contributed by atoms with E-state index >= 15 is 0 Å². The molecular weight excluding hydrogens is 235 g/mol. The molecule has 1 aromatic carbocycles. The second-order valence-electron chi connectivity index (χ2n) is 3.46. The predicted molar refractivity (Wildman–Crippen MR) is 54.5 cm³/mol. The molecule has 0 radical (unpaired) electrons. The minimum Gasteiger partial charge on any atom is -0.324 e. The molecule has 0 aliphatic rings. The summed E-state index contributed by atoms with van der Waals surface area (Å²) in [5, 5.41) is 6.40. The smallest absolute Gasteiger partial charge is 0.324 e. The fourth-order valence-corrected chi connectivity index (χ4v) is 1.51. The first-order valence-corrected chi connectivity index (χ1v) is 4.72. The summed E-state index contributed by atoms with van der Waals surface area (Å²) < 4.78 is 37.3. The third kappa shape index (κ3) is 2.01. The van der Waals surface area contributed by atoms with Crippen LogP contribution in [-0.4, -0.2) is 22.5 Å². The van der Waals surface area contributed by atoms with E-state index in [-0.39, 0.29) is 17.8 Å². The Morgan fingerprint density at radius 3 is 2.71 bits per heavy atom. The van der Waals surface area contributed by atoms with E-state index in [1.54, 1.807) is 0 Å². The van der Waals surface area contributed by atoms with Crippen LogP contribution >= 0.6 is 0 Å². The lowest BCUT2D eigenvalue weighted by Gasteiger charge is -2.05. The Balaban J connectivity index is 2.56. The minimum absolute atomic E-state index is 0.0659. The highest BCUT2D eigenvalue weighted by molar-refractivity contribution is 6.06. The maximum atomic E-state index is 12.4. The average Bonchev–Trinajstić information content (AvgIpc) is 2.69. The van der Waals surface area contributed by atoms with Gasteiger partial charge in [-0.2, -0.15) is 18.3 Å². The zero-order valence-electron chi connectivity index (χ0n) is 8.51. The summed E-state index contributed by atoms with van der Waals surface area (Å²) in [5.41, 5.74) is 4.61. The number of Topliss-reactive ketones (excluding diaryl/α,β-unsaturated/α-hetero) is 1. The molecule has 4 nitrogen and oxygen atoms in total. The van der Waals surface area contributed by atoms with E-state index in [9.17, 15) is 18.0 Å². The maximum absolute atomic E-state index is 12.4. The van der Waals surface area contributed by atoms with Gasteiger partial charge < -0.3 is 5.73 Å². The highest BCUT2D eigenvalue weighted by Gasteiger charge is 2.31. The number of halogens is 3. The van der Waals surface area contributed by atoms with Gasteiger partial charge in [0.1, 0.15) is 5.69 Å². The molecule has 0 bridgehead atoms. The molecule has 0 aliphatic carbocycles. The van der Waals surface area contributed by atoms with Gasteiger partial charge in [0.2, 0.25) is 0 Å². The molecule has 0 unspecified atom stereocenters. The SMILES string of the molecule is NCC(=O)c1n[nH]c2cc(C(F)(F)F)ccc12. The van der Waals surface area contributed by atoms with Crippen molar-refractivity contribution in [3.63, 3.8) is 0 Å². The third-order valence-corrected chi connectivity index (χ3v) is 2.34. The lowest BCUT2D eigenvalue weighted by molar-refractivity contribution is -0.137. The zero-order chi connectivity index (χ0) is 12.6. The van der Waals surface area contributed by atoms with Crippen molar-refractivity contribution < 1.29 is 18.0 Å². The number of rotatable bonds is 2. The van der Waals surface area contributed by atoms with Crippen LogP contribution in [0.1, 0.15) is 16.1 Å². The van der Waals surface area contributed by atoms with Crippen molar-refractivity contribution in [2.24, 2.45) is 5.73 Å². The maximum Gasteiger partial charge on any atom is 0.416 e. The number of aromatic amines is 1. The molecule has 0 amide bonds. The Kier molecular flexibility index (Phi) is 2.62. The van der Waals surface area contributed by atoms with Crippen molar-refractivity contribution in [1.29, 1.82) is 0 Å². The molecule has 2 rings (SSSR count). The van der Waals surface area contributed by atoms with Crippen molar-refractivity contribution in [2.75, 3.05) is 6.54 Å². The van der Waals surface area contributed by atoms with Crippen molar-refractivity contribution in [3.05, 3.63) is 29.5 Å². The highest BCUT2D eigenvalue weighted by Crippen LogP contribution is 2.31. The first kappa shape index (κ1) is 11.6. The largest absolute Gasteiger partial charge is 0.416 e. The zero-order valence-corrected chi connectivity index (χ0v) is 8.51. The van der Waals surface area contributed by atoms with Crippen LogP contribution in [0.2, 0.25) is 0 Å². The average molecular weight is 243 g/mol. The Morgan fingerprint density at radius 1 is 1.41 bits per heavy atom. The molecule has 3 N–H and O–H groups in total. The molecule has 0 aliphatic heterocycles. The van der Waals surface area contributed by atoms with Gasteiger partial charge in [-0.3, -0.25) is 9.89 Å². The number of alkyl halides is 3. The van der Waals surface area contributed by atoms with E-state index in [4.69, 9.17) is 5.73 Å². The Morgan fingerprint density at radius 2 is 2.12 bits per heavy atom. The fraction of sp³-hybridized carbons (Fsp3) is 0.200. The van der Waals surface area contributed by atoms with E-state index in [0.717, 1.165) is 12.1 Å². The number of nitrogens with zero attached hydrogens (tertiary/aromatic N) is 1. The Hall–Kier alpha value is -1.89. The van der Waals surface area contributed by atoms with Crippen LogP contribution in [0, 0.1) is 0 Å². The summed E-state index contributed by atoms with van der Waals surface area (Å²) in [6.45, 7) is -0.235. The Bertz CT molecular complexity index is 574. The molecule has 90 valence electrons. The van der Waals surface area contributed by atoms with E-state index in [2.05, 4.69) is 10.2 Å². The molecule has 1 heterocycles. The van der Waals surface area contributed by atoms with Gasteiger partial charge in [-0.1, -0.05) is 0 Å². The van der Waals surface area contributed by atoms with Crippen LogP contribution < -0.4 is 5.73 Å². The summed E-state index contributed by atoms with van der Waals surface area (Å²) in [7, 11) is 0. The molecule has 0 saturated carbocycles. The van der Waals surface area contributed by atoms with Crippen molar-refractivity contribution in [3.8, 4) is 0 Å². The standard InChI is InChI=1S/C10H8F3N3O/c11-10(12,13)5-1-2-6-7(3-5)15-16-9(6)8(17)4-14/h1-3H,4,14H2,(H,15,16). The highest BCUT2D eigenvalue weighted by atomic mass is 19.4. The number of H-pyrrole nitrogens is 1. The van der Waals surface area contributed by atoms with E-state index in [1.807, 2.05) is 0 Å². The number of aromatic nitrogens is 2. The lowest BCUT2D eigenvalue weighted by atomic mass is 10.1. The van der Waals surface area contributed by atoms with Gasteiger partial charge >= 0.3 is 6.18 Å². The van der Waals surface area contributed by atoms with Crippen molar-refractivity contribution >= 4 is 16.7 Å². The van der Waals surface area contributed by atoms with Crippen LogP contribution in [0.5, 0.6) is 0 Å². The number of nitrogens with two attached hydrogens (primary N) is 1. The number of hydrogen-bond donors (Lipinski definition) is 2. The summed E-state index contributed by atoms with van der Waals surface area (Å²) in [6, 6.07) is 3.03. The van der Waals surface area contributed by atoms with Crippen LogP contribution in [0.15, 0.2) is 18.2 Å². The van der Waals surface area contributed by atoms with Gasteiger partial charge in [-0.15, -0.1) is 0 Å². The van der Waals surface area contributed by atoms with Gasteiger partial charge in [0, 0.05) is 5.39 Å². The second kappa shape index (κ2) is 3.85. The summed E-state index contributed by atoms with van der Waals surface area (Å²) >= 11 is 0. The van der Waals surface area contributed by atoms with Gasteiger partial charge in [-0.05, 0) is 18.2 Å². The first-order valence-electron chi connectivity index (χ1n) is 4.72. The third-order valence-electron chi connectivity index (χ3n) is 2.34. The quantitative estimate of drug-likeness (QED) is 0.789. The van der Waals surface area contributed by atoms with Gasteiger partial charge in [0.25, 0.3) is 0 Å². The van der Waals surface area contributed by atoms with E-state index in [1.165, 1.54) is 6.07 Å². The number of hydrogen-bond acceptors (Lipinski definition) is 3. The minimum atomic E-state index is -4.42. The van der Waals surface area contributed by atoms with Gasteiger partial charge in [-0.25, -0.2) is 0 Å². The normalized spacial score (nSPS) is 12.0. The van der Waals surface area contributed by atoms with E-state index < -0.39 is 17.5 Å². The predicted octanol–water partition coefficient (Wildman–Crippen LogP) is 1.72. The number of carbonyl (C=O) groups excluding carboxylic acids is 1. The number of carbonyl (C=O) groups is 1. The molecule has 7 heteroatoms. The van der Waals surface area contributed by atoms with E-state index in [0.29, 0.717) is 5.39 Å². The van der Waals surface area contributed by atoms with Crippen molar-refractivity contribution in [2.45, 2.75) is 6.18 Å². The van der Waals surface area contributed by atoms with Crippen LogP contribution in [0.3, 0.4) is 0 Å². The molecule has 0 atom stereocenters. The molecule has 2 aromatic rings. The topological polar surface area (TPSA) is 71.8 Å². The van der Waals surface area contributed by atoms with Crippen molar-refractivity contribution in [1.82, 2.24) is 10.2 Å². The second-order valence-corrected chi connectivity index (χ2v) is 3.46. The number of benzene rings is 1. The van der Waals surface area contributed by atoms with Crippen LogP contribution in [0.25, 0.3) is 10.9 Å². The summed E-state index contributed by atoms with van der Waals surface area (Å²) in [6.07, 6.45) is -4.42.